The first-order valence-corrected chi connectivity index (χ1v) is 9.96. The lowest BCUT2D eigenvalue weighted by Crippen LogP contribution is -2.14. The van der Waals surface area contributed by atoms with Crippen molar-refractivity contribution in [1.29, 1.82) is 0 Å². The standard InChI is InChI=1S/C18H17BrN2O3S/c1-3-24-17-11-15(9-10-16(17)19)25(22,23)21-12-13(2)20-18(21)14-7-5-4-6-8-14/h4-12H,3H2,1-2H3. The molecule has 0 fully saturated rings. The number of ether oxygens (including phenoxy) is 1. The molecular formula is C18H17BrN2O3S. The molecule has 130 valence electrons. The van der Waals surface area contributed by atoms with Gasteiger partial charge in [-0.2, -0.15) is 0 Å². The van der Waals surface area contributed by atoms with Crippen LogP contribution >= 0.6 is 15.9 Å². The minimum absolute atomic E-state index is 0.147. The molecule has 1 aromatic heterocycles. The maximum atomic E-state index is 13.2. The molecular weight excluding hydrogens is 404 g/mol. The molecule has 1 heterocycles. The molecule has 0 N–H and O–H groups in total. The van der Waals surface area contributed by atoms with E-state index in [4.69, 9.17) is 4.74 Å². The molecule has 25 heavy (non-hydrogen) atoms. The van der Waals surface area contributed by atoms with Gasteiger partial charge in [0.05, 0.1) is 21.7 Å². The molecule has 0 saturated heterocycles. The lowest BCUT2D eigenvalue weighted by atomic mass is 10.2. The predicted molar refractivity (Wildman–Crippen MR) is 100 cm³/mol. The number of rotatable bonds is 5. The van der Waals surface area contributed by atoms with Crippen molar-refractivity contribution >= 4 is 26.0 Å². The predicted octanol–water partition coefficient (Wildman–Crippen LogP) is 4.26. The number of hydrogen-bond acceptors (Lipinski definition) is 4. The van der Waals surface area contributed by atoms with Gasteiger partial charge in [-0.15, -0.1) is 0 Å². The molecule has 0 aliphatic rings. The molecule has 0 radical (unpaired) electrons. The summed E-state index contributed by atoms with van der Waals surface area (Å²) in [5.74, 6) is 0.876. The van der Waals surface area contributed by atoms with Crippen LogP contribution in [0.15, 0.2) is 64.1 Å². The van der Waals surface area contributed by atoms with Crippen molar-refractivity contribution in [1.82, 2.24) is 8.96 Å². The van der Waals surface area contributed by atoms with Crippen molar-refractivity contribution in [2.24, 2.45) is 0 Å². The Kier molecular flexibility index (Phi) is 4.96. The normalized spacial score (nSPS) is 11.5. The summed E-state index contributed by atoms with van der Waals surface area (Å²) in [4.78, 5) is 4.54. The van der Waals surface area contributed by atoms with E-state index in [1.807, 2.05) is 37.3 Å². The third kappa shape index (κ3) is 3.48. The molecule has 0 atom stereocenters. The lowest BCUT2D eigenvalue weighted by molar-refractivity contribution is 0.337. The van der Waals surface area contributed by atoms with Gasteiger partial charge in [-0.05, 0) is 41.9 Å². The number of nitrogens with zero attached hydrogens (tertiary/aromatic N) is 2. The number of imidazole rings is 1. The van der Waals surface area contributed by atoms with Gasteiger partial charge in [-0.25, -0.2) is 17.4 Å². The summed E-state index contributed by atoms with van der Waals surface area (Å²) in [6.45, 7) is 4.06. The molecule has 0 bridgehead atoms. The molecule has 0 unspecified atom stereocenters. The zero-order valence-electron chi connectivity index (χ0n) is 13.8. The van der Waals surface area contributed by atoms with Crippen molar-refractivity contribution in [3.63, 3.8) is 0 Å². The van der Waals surface area contributed by atoms with Crippen LogP contribution in [0.2, 0.25) is 0 Å². The van der Waals surface area contributed by atoms with Crippen LogP contribution in [-0.2, 0) is 10.0 Å². The number of hydrogen-bond donors (Lipinski definition) is 0. The van der Waals surface area contributed by atoms with Gasteiger partial charge in [-0.3, -0.25) is 0 Å². The van der Waals surface area contributed by atoms with Gasteiger partial charge >= 0.3 is 0 Å². The van der Waals surface area contributed by atoms with E-state index in [0.717, 1.165) is 5.56 Å². The second-order valence-corrected chi connectivity index (χ2v) is 8.07. The first kappa shape index (κ1) is 17.7. The van der Waals surface area contributed by atoms with E-state index >= 15 is 0 Å². The van der Waals surface area contributed by atoms with Crippen LogP contribution in [-0.4, -0.2) is 24.0 Å². The Morgan fingerprint density at radius 1 is 1.16 bits per heavy atom. The van der Waals surface area contributed by atoms with Crippen LogP contribution in [0.4, 0.5) is 0 Å². The topological polar surface area (TPSA) is 61.2 Å². The Balaban J connectivity index is 2.15. The van der Waals surface area contributed by atoms with Gasteiger partial charge in [0, 0.05) is 17.8 Å². The van der Waals surface area contributed by atoms with Gasteiger partial charge in [-0.1, -0.05) is 30.3 Å². The maximum absolute atomic E-state index is 13.2. The number of benzene rings is 2. The van der Waals surface area contributed by atoms with E-state index in [-0.39, 0.29) is 4.90 Å². The Hall–Kier alpha value is -2.12. The smallest absolute Gasteiger partial charge is 0.269 e. The summed E-state index contributed by atoms with van der Waals surface area (Å²) in [6.07, 6.45) is 1.53. The van der Waals surface area contributed by atoms with E-state index in [1.54, 1.807) is 19.1 Å². The Morgan fingerprint density at radius 3 is 2.56 bits per heavy atom. The number of aromatic nitrogens is 2. The van der Waals surface area contributed by atoms with Crippen molar-refractivity contribution < 1.29 is 13.2 Å². The molecule has 0 saturated carbocycles. The molecule has 3 rings (SSSR count). The summed E-state index contributed by atoms with van der Waals surface area (Å²) in [7, 11) is -3.80. The minimum atomic E-state index is -3.80. The first-order chi connectivity index (χ1) is 11.9. The summed E-state index contributed by atoms with van der Waals surface area (Å²) in [6, 6.07) is 14.0. The summed E-state index contributed by atoms with van der Waals surface area (Å²) < 4.78 is 33.7. The molecule has 3 aromatic rings. The largest absolute Gasteiger partial charge is 0.493 e. The number of halogens is 1. The van der Waals surface area contributed by atoms with Crippen LogP contribution in [0.3, 0.4) is 0 Å². The van der Waals surface area contributed by atoms with Crippen LogP contribution in [0.5, 0.6) is 5.75 Å². The van der Waals surface area contributed by atoms with Gasteiger partial charge in [0.15, 0.2) is 5.82 Å². The Morgan fingerprint density at radius 2 is 1.88 bits per heavy atom. The molecule has 0 aliphatic carbocycles. The molecule has 2 aromatic carbocycles. The van der Waals surface area contributed by atoms with Gasteiger partial charge < -0.3 is 4.74 Å². The lowest BCUT2D eigenvalue weighted by Gasteiger charge is -2.12. The van der Waals surface area contributed by atoms with Crippen LogP contribution in [0.25, 0.3) is 11.4 Å². The van der Waals surface area contributed by atoms with E-state index < -0.39 is 10.0 Å². The van der Waals surface area contributed by atoms with Crippen LogP contribution < -0.4 is 4.74 Å². The average Bonchev–Trinajstić information content (AvgIpc) is 3.00. The molecule has 0 aliphatic heterocycles. The first-order valence-electron chi connectivity index (χ1n) is 7.73. The van der Waals surface area contributed by atoms with E-state index in [0.29, 0.717) is 28.3 Å². The number of aryl methyl sites for hydroxylation is 1. The van der Waals surface area contributed by atoms with Gasteiger partial charge in [0.1, 0.15) is 5.75 Å². The Labute approximate surface area is 155 Å². The van der Waals surface area contributed by atoms with Gasteiger partial charge in [0.25, 0.3) is 10.0 Å². The fourth-order valence-corrected chi connectivity index (χ4v) is 4.21. The van der Waals surface area contributed by atoms with Crippen molar-refractivity contribution in [2.75, 3.05) is 6.61 Å². The third-order valence-electron chi connectivity index (χ3n) is 3.59. The highest BCUT2D eigenvalue weighted by Gasteiger charge is 2.23. The van der Waals surface area contributed by atoms with Crippen molar-refractivity contribution in [2.45, 2.75) is 18.7 Å². The summed E-state index contributed by atoms with van der Waals surface area (Å²) >= 11 is 3.37. The van der Waals surface area contributed by atoms with E-state index in [9.17, 15) is 8.42 Å². The molecule has 7 heteroatoms. The average molecular weight is 421 g/mol. The second kappa shape index (κ2) is 7.01. The third-order valence-corrected chi connectivity index (χ3v) is 5.89. The van der Waals surface area contributed by atoms with Crippen molar-refractivity contribution in [3.8, 4) is 17.1 Å². The molecule has 0 amide bonds. The summed E-state index contributed by atoms with van der Waals surface area (Å²) in [5.41, 5.74) is 1.37. The maximum Gasteiger partial charge on any atom is 0.269 e. The fourth-order valence-electron chi connectivity index (χ4n) is 2.46. The van der Waals surface area contributed by atoms with Gasteiger partial charge in [0.2, 0.25) is 0 Å². The van der Waals surface area contributed by atoms with E-state index in [1.165, 1.54) is 16.2 Å². The highest BCUT2D eigenvalue weighted by molar-refractivity contribution is 9.10. The van der Waals surface area contributed by atoms with Crippen molar-refractivity contribution in [3.05, 3.63) is 64.9 Å². The molecule has 0 spiro atoms. The SMILES string of the molecule is CCOc1cc(S(=O)(=O)n2cc(C)nc2-c2ccccc2)ccc1Br. The highest BCUT2D eigenvalue weighted by Crippen LogP contribution is 2.30. The second-order valence-electron chi connectivity index (χ2n) is 5.40. The molecule has 5 nitrogen and oxygen atoms in total. The zero-order valence-corrected chi connectivity index (χ0v) is 16.2. The highest BCUT2D eigenvalue weighted by atomic mass is 79.9. The quantitative estimate of drug-likeness (QED) is 0.618. The zero-order chi connectivity index (χ0) is 18.0. The monoisotopic (exact) mass is 420 g/mol. The van der Waals surface area contributed by atoms with Crippen LogP contribution in [0, 0.1) is 6.92 Å². The minimum Gasteiger partial charge on any atom is -0.493 e. The fraction of sp³-hybridized carbons (Fsp3) is 0.167. The Bertz CT molecular complexity index is 998. The summed E-state index contributed by atoms with van der Waals surface area (Å²) in [5, 5.41) is 0. The van der Waals surface area contributed by atoms with Crippen LogP contribution in [0.1, 0.15) is 12.6 Å². The van der Waals surface area contributed by atoms with E-state index in [2.05, 4.69) is 20.9 Å².